The zero-order chi connectivity index (χ0) is 12.6. The molecule has 0 aromatic heterocycles. The summed E-state index contributed by atoms with van der Waals surface area (Å²) in [5, 5.41) is 6.56. The maximum atomic E-state index is 8.00. The van der Waals surface area contributed by atoms with Crippen LogP contribution >= 0.6 is 0 Å². The van der Waals surface area contributed by atoms with E-state index in [1.807, 2.05) is 0 Å². The van der Waals surface area contributed by atoms with E-state index in [1.165, 1.54) is 0 Å². The van der Waals surface area contributed by atoms with E-state index in [9.17, 15) is 0 Å². The number of rotatable bonds is 12. The summed E-state index contributed by atoms with van der Waals surface area (Å²) in [6.07, 6.45) is 6.84. The third-order valence-corrected chi connectivity index (χ3v) is 1.86. The summed E-state index contributed by atoms with van der Waals surface area (Å²) in [6, 6.07) is 0. The molecule has 0 aromatic rings. The third-order valence-electron chi connectivity index (χ3n) is 1.86. The molecule has 6 nitrogen and oxygen atoms in total. The average Bonchev–Trinajstić information content (AvgIpc) is 2.35. The van der Waals surface area contributed by atoms with Crippen molar-refractivity contribution >= 4 is 0 Å². The first-order valence-electron chi connectivity index (χ1n) is 5.72. The van der Waals surface area contributed by atoms with Crippen molar-refractivity contribution < 1.29 is 9.47 Å². The molecule has 0 fully saturated rings. The van der Waals surface area contributed by atoms with Gasteiger partial charge in [0, 0.05) is 31.0 Å². The smallest absolute Gasteiger partial charge is 0.0700 e. The van der Waals surface area contributed by atoms with Gasteiger partial charge < -0.3 is 14.8 Å². The van der Waals surface area contributed by atoms with Crippen LogP contribution in [0.5, 0.6) is 0 Å². The van der Waals surface area contributed by atoms with Crippen molar-refractivity contribution in [1.29, 1.82) is 0 Å². The van der Waals surface area contributed by atoms with Crippen molar-refractivity contribution in [3.63, 3.8) is 0 Å². The minimum absolute atomic E-state index is 0.371. The maximum absolute atomic E-state index is 8.00. The van der Waals surface area contributed by atoms with Crippen LogP contribution < -0.4 is 5.32 Å². The Labute approximate surface area is 102 Å². The first kappa shape index (κ1) is 15.8. The van der Waals surface area contributed by atoms with Crippen molar-refractivity contribution in [2.45, 2.75) is 12.8 Å². The molecule has 0 heterocycles. The zero-order valence-electron chi connectivity index (χ0n) is 10.1. The summed E-state index contributed by atoms with van der Waals surface area (Å²) in [5.74, 6) is 2.57. The molecule has 0 radical (unpaired) electrons. The van der Waals surface area contributed by atoms with E-state index in [0.717, 1.165) is 25.9 Å². The number of azide groups is 1. The van der Waals surface area contributed by atoms with Crippen LogP contribution in [0.15, 0.2) is 5.11 Å². The fourth-order valence-electron chi connectivity index (χ4n) is 1.06. The summed E-state index contributed by atoms with van der Waals surface area (Å²) in [7, 11) is 0. The van der Waals surface area contributed by atoms with Crippen molar-refractivity contribution in [1.82, 2.24) is 5.32 Å². The fraction of sp³-hybridized carbons (Fsp3) is 0.818. The SMILES string of the molecule is C#CCCNCCCOCCOCCN=[N+]=[N-]. The Kier molecular flexibility index (Phi) is 13.7. The number of ether oxygens (including phenoxy) is 2. The van der Waals surface area contributed by atoms with Crippen LogP contribution in [-0.2, 0) is 9.47 Å². The summed E-state index contributed by atoms with van der Waals surface area (Å²) in [5.41, 5.74) is 8.00. The molecule has 0 unspecified atom stereocenters. The normalized spacial score (nSPS) is 9.59. The molecule has 1 N–H and O–H groups in total. The number of hydrogen-bond donors (Lipinski definition) is 1. The van der Waals surface area contributed by atoms with Crippen LogP contribution in [0.2, 0.25) is 0 Å². The van der Waals surface area contributed by atoms with Gasteiger partial charge in [0.1, 0.15) is 0 Å². The summed E-state index contributed by atoms with van der Waals surface area (Å²) in [6.45, 7) is 4.41. The molecule has 0 rings (SSSR count). The molecule has 6 heteroatoms. The van der Waals surface area contributed by atoms with E-state index in [4.69, 9.17) is 21.4 Å². The fourth-order valence-corrected chi connectivity index (χ4v) is 1.06. The molecule has 0 saturated heterocycles. The van der Waals surface area contributed by atoms with Gasteiger partial charge in [-0.15, -0.1) is 12.3 Å². The van der Waals surface area contributed by atoms with Gasteiger partial charge in [-0.2, -0.15) is 0 Å². The molecule has 17 heavy (non-hydrogen) atoms. The Morgan fingerprint density at radius 2 is 1.94 bits per heavy atom. The van der Waals surface area contributed by atoms with Crippen molar-refractivity contribution in [3.05, 3.63) is 10.4 Å². The molecule has 0 aliphatic carbocycles. The van der Waals surface area contributed by atoms with Crippen molar-refractivity contribution in [3.8, 4) is 12.3 Å². The lowest BCUT2D eigenvalue weighted by atomic mass is 10.4. The molecule has 0 aliphatic heterocycles. The van der Waals surface area contributed by atoms with E-state index in [0.29, 0.717) is 33.0 Å². The quantitative estimate of drug-likeness (QED) is 0.184. The highest BCUT2D eigenvalue weighted by Gasteiger charge is 1.90. The molecular weight excluding hydrogens is 220 g/mol. The molecule has 0 saturated carbocycles. The lowest BCUT2D eigenvalue weighted by Gasteiger charge is -2.05. The Morgan fingerprint density at radius 3 is 2.65 bits per heavy atom. The van der Waals surface area contributed by atoms with Gasteiger partial charge in [0.2, 0.25) is 0 Å². The summed E-state index contributed by atoms with van der Waals surface area (Å²) < 4.78 is 10.5. The maximum Gasteiger partial charge on any atom is 0.0700 e. The number of hydrogen-bond acceptors (Lipinski definition) is 4. The van der Waals surface area contributed by atoms with E-state index >= 15 is 0 Å². The monoisotopic (exact) mass is 240 g/mol. The van der Waals surface area contributed by atoms with Crippen LogP contribution in [0.4, 0.5) is 0 Å². The predicted octanol–water partition coefficient (Wildman–Crippen LogP) is 1.33. The second-order valence-corrected chi connectivity index (χ2v) is 3.24. The van der Waals surface area contributed by atoms with Gasteiger partial charge >= 0.3 is 0 Å². The second kappa shape index (κ2) is 14.8. The minimum Gasteiger partial charge on any atom is -0.379 e. The molecular formula is C11H20N4O2. The molecule has 0 amide bonds. The van der Waals surface area contributed by atoms with Gasteiger partial charge in [-0.05, 0) is 18.5 Å². The van der Waals surface area contributed by atoms with E-state index < -0.39 is 0 Å². The third kappa shape index (κ3) is 14.8. The van der Waals surface area contributed by atoms with Gasteiger partial charge in [-0.25, -0.2) is 0 Å². The van der Waals surface area contributed by atoms with Crippen LogP contribution in [0.3, 0.4) is 0 Å². The Balaban J connectivity index is 2.94. The van der Waals surface area contributed by atoms with Gasteiger partial charge in [0.15, 0.2) is 0 Å². The van der Waals surface area contributed by atoms with E-state index in [1.54, 1.807) is 0 Å². The first-order valence-corrected chi connectivity index (χ1v) is 5.72. The average molecular weight is 240 g/mol. The summed E-state index contributed by atoms with van der Waals surface area (Å²) >= 11 is 0. The largest absolute Gasteiger partial charge is 0.379 e. The first-order chi connectivity index (χ1) is 8.41. The lowest BCUT2D eigenvalue weighted by Crippen LogP contribution is -2.18. The number of nitrogens with zero attached hydrogens (tertiary/aromatic N) is 3. The summed E-state index contributed by atoms with van der Waals surface area (Å²) in [4.78, 5) is 2.62. The van der Waals surface area contributed by atoms with Gasteiger partial charge in [-0.3, -0.25) is 0 Å². The van der Waals surface area contributed by atoms with Crippen LogP contribution in [-0.4, -0.2) is 46.1 Å². The number of nitrogens with one attached hydrogen (secondary N) is 1. The van der Waals surface area contributed by atoms with Gasteiger partial charge in [-0.1, -0.05) is 5.11 Å². The molecule has 0 aliphatic rings. The lowest BCUT2D eigenvalue weighted by molar-refractivity contribution is 0.0499. The molecule has 0 spiro atoms. The van der Waals surface area contributed by atoms with Gasteiger partial charge in [0.25, 0.3) is 0 Å². The van der Waals surface area contributed by atoms with Crippen LogP contribution in [0.1, 0.15) is 12.8 Å². The molecule has 0 atom stereocenters. The predicted molar refractivity (Wildman–Crippen MR) is 66.6 cm³/mol. The molecule has 96 valence electrons. The second-order valence-electron chi connectivity index (χ2n) is 3.24. The van der Waals surface area contributed by atoms with E-state index in [-0.39, 0.29) is 0 Å². The Bertz CT molecular complexity index is 246. The van der Waals surface area contributed by atoms with Crippen molar-refractivity contribution in [2.75, 3.05) is 46.1 Å². The standard InChI is InChI=1S/C11H20N4O2/c1-2-3-5-13-6-4-8-16-10-11-17-9-7-14-15-12/h1,13H,3-11H2. The highest BCUT2D eigenvalue weighted by molar-refractivity contribution is 4.83. The zero-order valence-corrected chi connectivity index (χ0v) is 10.1. The highest BCUT2D eigenvalue weighted by Crippen LogP contribution is 1.84. The van der Waals surface area contributed by atoms with E-state index in [2.05, 4.69) is 21.3 Å². The minimum atomic E-state index is 0.371. The van der Waals surface area contributed by atoms with Gasteiger partial charge in [0.05, 0.1) is 19.8 Å². The van der Waals surface area contributed by atoms with Crippen LogP contribution in [0, 0.1) is 12.3 Å². The Morgan fingerprint density at radius 1 is 1.18 bits per heavy atom. The number of terminal acetylenes is 1. The molecule has 0 bridgehead atoms. The molecule has 0 aromatic carbocycles. The Hall–Kier alpha value is -1.25. The topological polar surface area (TPSA) is 79.2 Å². The van der Waals surface area contributed by atoms with Crippen molar-refractivity contribution in [2.24, 2.45) is 5.11 Å². The van der Waals surface area contributed by atoms with Crippen LogP contribution in [0.25, 0.3) is 10.4 Å². The highest BCUT2D eigenvalue weighted by atomic mass is 16.5.